The molecule has 0 atom stereocenters. The predicted octanol–water partition coefficient (Wildman–Crippen LogP) is 1.02. The second-order valence-corrected chi connectivity index (χ2v) is 1.60. The molecule has 0 unspecified atom stereocenters. The van der Waals surface area contributed by atoms with E-state index < -0.39 is 11.6 Å². The second-order valence-electron chi connectivity index (χ2n) is 1.60. The van der Waals surface area contributed by atoms with Crippen molar-refractivity contribution in [1.82, 2.24) is 0 Å². The molecule has 50 valence electrons. The van der Waals surface area contributed by atoms with Gasteiger partial charge in [-0.3, -0.25) is 0 Å². The van der Waals surface area contributed by atoms with Crippen molar-refractivity contribution in [3.8, 4) is 5.75 Å². The molecule has 0 saturated heterocycles. The van der Waals surface area contributed by atoms with E-state index in [0.29, 0.717) is 0 Å². The molecule has 4 heteroatoms. The van der Waals surface area contributed by atoms with Gasteiger partial charge in [-0.1, -0.05) is 0 Å². The molecular weight excluding hydrogens is 165 g/mol. The summed E-state index contributed by atoms with van der Waals surface area (Å²) >= 11 is 0. The minimum absolute atomic E-state index is 0. The average Bonchev–Trinajstić information content (AvgIpc) is 1.80. The number of phenolic OH excluding ortho intramolecular Hbond substituents is 1. The first kappa shape index (κ1) is 10.5. The summed E-state index contributed by atoms with van der Waals surface area (Å²) in [5.74, 6) is -2.25. The molecule has 0 heterocycles. The average molecular weight is 170 g/mol. The van der Waals surface area contributed by atoms with Crippen LogP contribution in [0.5, 0.6) is 5.75 Å². The summed E-state index contributed by atoms with van der Waals surface area (Å²) in [6.07, 6.45) is 0. The van der Waals surface area contributed by atoms with E-state index in [2.05, 4.69) is 0 Å². The third kappa shape index (κ3) is 2.63. The summed E-state index contributed by atoms with van der Waals surface area (Å²) in [7, 11) is 0. The molecule has 0 aliphatic carbocycles. The molecule has 1 rings (SSSR count). The van der Waals surface area contributed by atoms with Gasteiger partial charge in [0, 0.05) is 6.07 Å². The fourth-order valence-corrected chi connectivity index (χ4v) is 0.485. The normalized spacial score (nSPS) is 8.60. The van der Waals surface area contributed by atoms with Gasteiger partial charge in [0.05, 0.1) is 0 Å². The Morgan fingerprint density at radius 1 is 1.10 bits per heavy atom. The maximum atomic E-state index is 12.0. The fraction of sp³-hybridized carbons (Fsp3) is 0. The van der Waals surface area contributed by atoms with Gasteiger partial charge in [0.15, 0.2) is 11.6 Å². The molecule has 1 nitrogen and oxygen atoms in total. The summed E-state index contributed by atoms with van der Waals surface area (Å²) < 4.78 is 24.1. The molecule has 0 bridgehead atoms. The number of benzene rings is 1. The first-order valence-corrected chi connectivity index (χ1v) is 2.34. The zero-order chi connectivity index (χ0) is 6.85. The molecule has 10 heavy (non-hydrogen) atoms. The molecule has 0 saturated carbocycles. The van der Waals surface area contributed by atoms with Gasteiger partial charge >= 0.3 is 51.4 Å². The van der Waals surface area contributed by atoms with Crippen LogP contribution in [0.3, 0.4) is 0 Å². The molecular formula is C6H5F2KO. The van der Waals surface area contributed by atoms with Crippen molar-refractivity contribution in [2.24, 2.45) is 0 Å². The van der Waals surface area contributed by atoms with Crippen molar-refractivity contribution in [3.63, 3.8) is 0 Å². The van der Waals surface area contributed by atoms with Crippen molar-refractivity contribution >= 4 is 51.4 Å². The van der Waals surface area contributed by atoms with Crippen LogP contribution >= 0.6 is 0 Å². The summed E-state index contributed by atoms with van der Waals surface area (Å²) in [4.78, 5) is 0. The Morgan fingerprint density at radius 3 is 2.10 bits per heavy atom. The van der Waals surface area contributed by atoms with Crippen LogP contribution in [0.15, 0.2) is 18.2 Å². The number of hydrogen-bond donors (Lipinski definition) is 1. The molecule has 0 fully saturated rings. The SMILES string of the molecule is Oc1ccc(F)c(F)c1.[KH]. The molecule has 0 aromatic heterocycles. The number of phenols is 1. The number of halogens is 2. The Kier molecular flexibility index (Phi) is 4.63. The quantitative estimate of drug-likeness (QED) is 0.576. The van der Waals surface area contributed by atoms with Crippen LogP contribution in [0.1, 0.15) is 0 Å². The Labute approximate surface area is 99.5 Å². The van der Waals surface area contributed by atoms with Crippen molar-refractivity contribution in [2.45, 2.75) is 0 Å². The third-order valence-corrected chi connectivity index (χ3v) is 0.903. The van der Waals surface area contributed by atoms with Gasteiger partial charge in [-0.05, 0) is 12.1 Å². The van der Waals surface area contributed by atoms with Gasteiger partial charge in [-0.15, -0.1) is 0 Å². The van der Waals surface area contributed by atoms with Crippen LogP contribution in [0.2, 0.25) is 0 Å². The van der Waals surface area contributed by atoms with Crippen molar-refractivity contribution in [1.29, 1.82) is 0 Å². The number of aromatic hydroxyl groups is 1. The van der Waals surface area contributed by atoms with Crippen LogP contribution in [0.25, 0.3) is 0 Å². The van der Waals surface area contributed by atoms with Crippen LogP contribution in [0.4, 0.5) is 8.78 Å². The molecule has 1 N–H and O–H groups in total. The zero-order valence-corrected chi connectivity index (χ0v) is 4.44. The van der Waals surface area contributed by atoms with Crippen LogP contribution in [0, 0.1) is 11.6 Å². The minimum atomic E-state index is -1.03. The van der Waals surface area contributed by atoms with Gasteiger partial charge in [0.1, 0.15) is 5.75 Å². The van der Waals surface area contributed by atoms with E-state index in [9.17, 15) is 8.78 Å². The van der Waals surface area contributed by atoms with E-state index in [0.717, 1.165) is 18.2 Å². The molecule has 0 aliphatic heterocycles. The first-order valence-electron chi connectivity index (χ1n) is 2.34. The van der Waals surface area contributed by atoms with Gasteiger partial charge in [-0.2, -0.15) is 0 Å². The van der Waals surface area contributed by atoms with Gasteiger partial charge in [-0.25, -0.2) is 8.78 Å². The van der Waals surface area contributed by atoms with E-state index in [1.165, 1.54) is 0 Å². The summed E-state index contributed by atoms with van der Waals surface area (Å²) in [5.41, 5.74) is 0. The Balaban J connectivity index is 0.000000810. The fourth-order valence-electron chi connectivity index (χ4n) is 0.485. The Morgan fingerprint density at radius 2 is 1.70 bits per heavy atom. The van der Waals surface area contributed by atoms with Gasteiger partial charge in [0.2, 0.25) is 0 Å². The topological polar surface area (TPSA) is 20.2 Å². The zero-order valence-electron chi connectivity index (χ0n) is 4.44. The predicted molar refractivity (Wildman–Crippen MR) is 35.2 cm³/mol. The standard InChI is InChI=1S/C6H4F2O.K.H/c7-5-2-1-4(9)3-6(5)8;;/h1-3,9H;;. The van der Waals surface area contributed by atoms with Gasteiger partial charge < -0.3 is 5.11 Å². The van der Waals surface area contributed by atoms with E-state index in [4.69, 9.17) is 5.11 Å². The third-order valence-electron chi connectivity index (χ3n) is 0.903. The second kappa shape index (κ2) is 4.41. The van der Waals surface area contributed by atoms with Crippen LogP contribution in [-0.2, 0) is 0 Å². The number of rotatable bonds is 0. The van der Waals surface area contributed by atoms with E-state index in [1.54, 1.807) is 0 Å². The summed E-state index contributed by atoms with van der Waals surface area (Å²) in [5, 5.41) is 8.53. The van der Waals surface area contributed by atoms with Crippen molar-refractivity contribution in [3.05, 3.63) is 29.8 Å². The van der Waals surface area contributed by atoms with Crippen LogP contribution < -0.4 is 0 Å². The molecule has 1 aromatic rings. The Bertz CT molecular complexity index is 227. The molecule has 0 amide bonds. The molecule has 1 aromatic carbocycles. The van der Waals surface area contributed by atoms with E-state index >= 15 is 0 Å². The van der Waals surface area contributed by atoms with Gasteiger partial charge in [0.25, 0.3) is 0 Å². The molecule has 0 aliphatic rings. The Hall–Kier alpha value is 0.516. The van der Waals surface area contributed by atoms with Crippen LogP contribution in [-0.4, -0.2) is 56.5 Å². The molecule has 0 spiro atoms. The number of hydrogen-bond acceptors (Lipinski definition) is 1. The maximum absolute atomic E-state index is 12.0. The summed E-state index contributed by atoms with van der Waals surface area (Å²) in [6.45, 7) is 0. The monoisotopic (exact) mass is 170 g/mol. The first-order chi connectivity index (χ1) is 4.20. The molecule has 0 radical (unpaired) electrons. The van der Waals surface area contributed by atoms with Crippen molar-refractivity contribution < 1.29 is 13.9 Å². The summed E-state index contributed by atoms with van der Waals surface area (Å²) in [6, 6.07) is 2.67. The van der Waals surface area contributed by atoms with Crippen molar-refractivity contribution in [2.75, 3.05) is 0 Å². The van der Waals surface area contributed by atoms with E-state index in [1.807, 2.05) is 0 Å². The van der Waals surface area contributed by atoms with E-state index in [-0.39, 0.29) is 57.1 Å².